The molecule has 0 saturated carbocycles. The Balaban J connectivity index is 2.05. The Kier molecular flexibility index (Phi) is 4.39. The maximum absolute atomic E-state index is 12.2. The molecule has 1 amide bonds. The Labute approximate surface area is 125 Å². The number of thiophene rings is 1. The number of carbonyl (C=O) groups is 1. The van der Waals surface area contributed by atoms with E-state index in [0.29, 0.717) is 6.54 Å². The number of halogens is 1. The molecule has 5 heteroatoms. The largest absolute Gasteiger partial charge is 0.349 e. The molecule has 0 fully saturated rings. The Morgan fingerprint density at radius 2 is 2.05 bits per heavy atom. The van der Waals surface area contributed by atoms with Crippen LogP contribution >= 0.6 is 27.3 Å². The number of nitrogens with one attached hydrogen (secondary N) is 1. The van der Waals surface area contributed by atoms with Crippen molar-refractivity contribution >= 4 is 33.2 Å². The molecule has 0 bridgehead atoms. The predicted molar refractivity (Wildman–Crippen MR) is 81.8 cm³/mol. The van der Waals surface area contributed by atoms with Crippen LogP contribution in [0.1, 0.15) is 17.4 Å². The zero-order chi connectivity index (χ0) is 13.9. The molecule has 1 heterocycles. The van der Waals surface area contributed by atoms with Crippen LogP contribution in [0.15, 0.2) is 46.3 Å². The lowest BCUT2D eigenvalue weighted by atomic mass is 9.92. The fraction of sp³-hybridized carbons (Fsp3) is 0.214. The quantitative estimate of drug-likeness (QED) is 0.900. The third-order valence-electron chi connectivity index (χ3n) is 2.95. The molecule has 0 radical (unpaired) electrons. The molecular weight excluding hydrogens is 324 g/mol. The number of hydrogen-bond acceptors (Lipinski definition) is 3. The van der Waals surface area contributed by atoms with E-state index in [-0.39, 0.29) is 5.91 Å². The van der Waals surface area contributed by atoms with Gasteiger partial charge in [-0.25, -0.2) is 0 Å². The van der Waals surface area contributed by atoms with Crippen LogP contribution in [0, 0.1) is 0 Å². The maximum atomic E-state index is 12.2. The fourth-order valence-electron chi connectivity index (χ4n) is 1.71. The Hall–Kier alpha value is -1.17. The molecule has 3 N–H and O–H groups in total. The minimum atomic E-state index is -1.02. The fourth-order valence-corrected chi connectivity index (χ4v) is 3.14. The highest BCUT2D eigenvalue weighted by Crippen LogP contribution is 2.23. The van der Waals surface area contributed by atoms with E-state index in [4.69, 9.17) is 5.73 Å². The zero-order valence-corrected chi connectivity index (χ0v) is 12.9. The predicted octanol–water partition coefficient (Wildman–Crippen LogP) is 3.00. The monoisotopic (exact) mass is 338 g/mol. The summed E-state index contributed by atoms with van der Waals surface area (Å²) in [6, 6.07) is 11.3. The summed E-state index contributed by atoms with van der Waals surface area (Å²) in [5.41, 5.74) is 5.92. The van der Waals surface area contributed by atoms with E-state index in [1.165, 1.54) is 0 Å². The molecule has 19 heavy (non-hydrogen) atoms. The molecule has 100 valence electrons. The van der Waals surface area contributed by atoms with E-state index in [1.807, 2.05) is 41.8 Å². The van der Waals surface area contributed by atoms with Gasteiger partial charge in [0.1, 0.15) is 5.54 Å². The average Bonchev–Trinajstić information content (AvgIpc) is 2.82. The second kappa shape index (κ2) is 5.86. The van der Waals surface area contributed by atoms with Crippen LogP contribution < -0.4 is 11.1 Å². The summed E-state index contributed by atoms with van der Waals surface area (Å²) < 4.78 is 1.01. The van der Waals surface area contributed by atoms with Gasteiger partial charge in [-0.15, -0.1) is 11.3 Å². The van der Waals surface area contributed by atoms with Gasteiger partial charge in [0, 0.05) is 9.35 Å². The van der Waals surface area contributed by atoms with Crippen LogP contribution in [-0.4, -0.2) is 5.91 Å². The van der Waals surface area contributed by atoms with Gasteiger partial charge in [0.2, 0.25) is 5.91 Å². The van der Waals surface area contributed by atoms with Crippen molar-refractivity contribution in [2.75, 3.05) is 0 Å². The highest BCUT2D eigenvalue weighted by molar-refractivity contribution is 9.10. The van der Waals surface area contributed by atoms with E-state index < -0.39 is 5.54 Å². The number of rotatable bonds is 4. The highest BCUT2D eigenvalue weighted by Gasteiger charge is 2.30. The second-order valence-corrected chi connectivity index (χ2v) is 6.30. The average molecular weight is 339 g/mol. The molecule has 0 aliphatic carbocycles. The van der Waals surface area contributed by atoms with E-state index in [1.54, 1.807) is 18.3 Å². The van der Waals surface area contributed by atoms with Gasteiger partial charge in [0.05, 0.1) is 6.54 Å². The third kappa shape index (κ3) is 3.23. The van der Waals surface area contributed by atoms with Crippen LogP contribution in [0.2, 0.25) is 0 Å². The molecule has 0 aliphatic rings. The topological polar surface area (TPSA) is 55.1 Å². The van der Waals surface area contributed by atoms with Gasteiger partial charge in [-0.05, 0) is 39.9 Å². The molecule has 2 aromatic rings. The minimum absolute atomic E-state index is 0.181. The van der Waals surface area contributed by atoms with Crippen molar-refractivity contribution in [1.29, 1.82) is 0 Å². The van der Waals surface area contributed by atoms with Gasteiger partial charge < -0.3 is 11.1 Å². The second-order valence-electron chi connectivity index (χ2n) is 4.44. The standard InChI is InChI=1S/C14H15BrN2OS/c1-14(16,10-5-3-2-4-6-10)13(18)17-9-12-11(15)7-8-19-12/h2-8H,9,16H2,1H3,(H,17,18). The summed E-state index contributed by atoms with van der Waals surface area (Å²) in [4.78, 5) is 13.3. The van der Waals surface area contributed by atoms with E-state index in [0.717, 1.165) is 14.9 Å². The molecule has 0 aliphatic heterocycles. The van der Waals surface area contributed by atoms with Gasteiger partial charge >= 0.3 is 0 Å². The van der Waals surface area contributed by atoms with Gasteiger partial charge in [0.25, 0.3) is 0 Å². The van der Waals surface area contributed by atoms with Gasteiger partial charge in [-0.1, -0.05) is 30.3 Å². The number of hydrogen-bond donors (Lipinski definition) is 2. The summed E-state index contributed by atoms with van der Waals surface area (Å²) in [6.45, 7) is 2.21. The first-order valence-corrected chi connectivity index (χ1v) is 7.53. The molecule has 1 atom stereocenters. The number of carbonyl (C=O) groups excluding carboxylic acids is 1. The van der Waals surface area contributed by atoms with Crippen molar-refractivity contribution in [3.63, 3.8) is 0 Å². The van der Waals surface area contributed by atoms with E-state index in [9.17, 15) is 4.79 Å². The summed E-state index contributed by atoms with van der Waals surface area (Å²) in [7, 11) is 0. The highest BCUT2D eigenvalue weighted by atomic mass is 79.9. The Morgan fingerprint density at radius 1 is 1.37 bits per heavy atom. The summed E-state index contributed by atoms with van der Waals surface area (Å²) in [5, 5.41) is 4.86. The van der Waals surface area contributed by atoms with Crippen LogP contribution in [0.25, 0.3) is 0 Å². The lowest BCUT2D eigenvalue weighted by molar-refractivity contribution is -0.126. The first-order chi connectivity index (χ1) is 9.01. The van der Waals surface area contributed by atoms with Crippen molar-refractivity contribution in [2.45, 2.75) is 19.0 Å². The van der Waals surface area contributed by atoms with Crippen molar-refractivity contribution in [3.05, 3.63) is 56.7 Å². The van der Waals surface area contributed by atoms with Crippen molar-refractivity contribution in [2.24, 2.45) is 5.73 Å². The van der Waals surface area contributed by atoms with Crippen molar-refractivity contribution in [3.8, 4) is 0 Å². The zero-order valence-electron chi connectivity index (χ0n) is 10.5. The van der Waals surface area contributed by atoms with Crippen molar-refractivity contribution < 1.29 is 4.79 Å². The Bertz CT molecular complexity index is 566. The smallest absolute Gasteiger partial charge is 0.244 e. The first-order valence-electron chi connectivity index (χ1n) is 5.86. The third-order valence-corrected chi connectivity index (χ3v) is 4.87. The normalized spacial score (nSPS) is 13.8. The molecule has 3 nitrogen and oxygen atoms in total. The first kappa shape index (κ1) is 14.2. The van der Waals surface area contributed by atoms with Crippen molar-refractivity contribution in [1.82, 2.24) is 5.32 Å². The molecular formula is C14H15BrN2OS. The SMILES string of the molecule is CC(N)(C(=O)NCc1sccc1Br)c1ccccc1. The van der Waals surface area contributed by atoms with Gasteiger partial charge in [0.15, 0.2) is 0 Å². The number of nitrogens with two attached hydrogens (primary N) is 1. The van der Waals surface area contributed by atoms with Gasteiger partial charge in [-0.3, -0.25) is 4.79 Å². The lowest BCUT2D eigenvalue weighted by Crippen LogP contribution is -2.48. The summed E-state index contributed by atoms with van der Waals surface area (Å²) >= 11 is 5.04. The van der Waals surface area contributed by atoms with E-state index in [2.05, 4.69) is 21.2 Å². The lowest BCUT2D eigenvalue weighted by Gasteiger charge is -2.24. The van der Waals surface area contributed by atoms with Crippen LogP contribution in [0.5, 0.6) is 0 Å². The van der Waals surface area contributed by atoms with E-state index >= 15 is 0 Å². The number of benzene rings is 1. The molecule has 1 aromatic carbocycles. The maximum Gasteiger partial charge on any atom is 0.244 e. The van der Waals surface area contributed by atoms with Crippen LogP contribution in [0.3, 0.4) is 0 Å². The van der Waals surface area contributed by atoms with Gasteiger partial charge in [-0.2, -0.15) is 0 Å². The van der Waals surface area contributed by atoms with Crippen LogP contribution in [0.4, 0.5) is 0 Å². The molecule has 1 aromatic heterocycles. The van der Waals surface area contributed by atoms with Crippen LogP contribution in [-0.2, 0) is 16.9 Å². The summed E-state index contributed by atoms with van der Waals surface area (Å²) in [5.74, 6) is -0.181. The molecule has 0 saturated heterocycles. The molecule has 2 rings (SSSR count). The Morgan fingerprint density at radius 3 is 2.63 bits per heavy atom. The summed E-state index contributed by atoms with van der Waals surface area (Å²) in [6.07, 6.45) is 0. The minimum Gasteiger partial charge on any atom is -0.349 e. The molecule has 0 spiro atoms. The number of amides is 1. The molecule has 1 unspecified atom stereocenters.